The minimum atomic E-state index is -5.08. The monoisotopic (exact) mass is 550 g/mol. The summed E-state index contributed by atoms with van der Waals surface area (Å²) in [4.78, 5) is 39.6. The van der Waals surface area contributed by atoms with E-state index in [9.17, 15) is 31.1 Å². The molecule has 2 N–H and O–H groups in total. The van der Waals surface area contributed by atoms with E-state index in [0.29, 0.717) is 6.04 Å². The molecule has 2 amide bonds. The van der Waals surface area contributed by atoms with E-state index < -0.39 is 24.3 Å². The standard InChI is InChI=1S/C17H30N4O2.2C2HF3O2/c22-17(20-7-3-4-8-20)21-13-15-16(14-21)23-12-11-19(15)10-9-18-5-1-2-6-18;2*3-2(4,5)1(6)7/h15-16H,1-14H2;2*(H,6,7)/t15-,16+;;/m1../s1. The van der Waals surface area contributed by atoms with E-state index in [-0.39, 0.29) is 12.1 Å². The molecule has 37 heavy (non-hydrogen) atoms. The lowest BCUT2D eigenvalue weighted by Crippen LogP contribution is -2.52. The Morgan fingerprint density at radius 3 is 1.70 bits per heavy atom. The van der Waals surface area contributed by atoms with Gasteiger partial charge in [0.1, 0.15) is 0 Å². The third-order valence-corrected chi connectivity index (χ3v) is 6.45. The van der Waals surface area contributed by atoms with E-state index in [1.54, 1.807) is 0 Å². The Bertz CT molecular complexity index is 748. The molecule has 4 fully saturated rings. The van der Waals surface area contributed by atoms with Gasteiger partial charge in [0.05, 0.1) is 25.3 Å². The van der Waals surface area contributed by atoms with Crippen LogP contribution < -0.4 is 0 Å². The van der Waals surface area contributed by atoms with Crippen molar-refractivity contribution in [2.24, 2.45) is 0 Å². The zero-order valence-corrected chi connectivity index (χ0v) is 20.1. The summed E-state index contributed by atoms with van der Waals surface area (Å²) in [6.45, 7) is 10.1. The van der Waals surface area contributed by atoms with Gasteiger partial charge >= 0.3 is 30.3 Å². The molecule has 0 saturated carbocycles. The van der Waals surface area contributed by atoms with Gasteiger partial charge in [0.15, 0.2) is 0 Å². The topological polar surface area (TPSA) is 114 Å². The van der Waals surface area contributed by atoms with Crippen molar-refractivity contribution in [2.75, 3.05) is 65.5 Å². The van der Waals surface area contributed by atoms with Gasteiger partial charge in [0, 0.05) is 39.3 Å². The molecule has 0 bridgehead atoms. The number of halogens is 6. The molecule has 0 spiro atoms. The molecule has 4 heterocycles. The van der Waals surface area contributed by atoms with Crippen molar-refractivity contribution in [1.29, 1.82) is 0 Å². The number of alkyl halides is 6. The van der Waals surface area contributed by atoms with E-state index in [0.717, 1.165) is 58.7 Å². The molecule has 2 atom stereocenters. The number of fused-ring (bicyclic) bond motifs is 1. The van der Waals surface area contributed by atoms with Crippen molar-refractivity contribution in [3.05, 3.63) is 0 Å². The highest BCUT2D eigenvalue weighted by molar-refractivity contribution is 5.75. The predicted octanol–water partition coefficient (Wildman–Crippen LogP) is 1.95. The highest BCUT2D eigenvalue weighted by Gasteiger charge is 2.43. The molecule has 4 saturated heterocycles. The number of urea groups is 1. The van der Waals surface area contributed by atoms with Gasteiger partial charge in [-0.15, -0.1) is 0 Å². The van der Waals surface area contributed by atoms with E-state index in [1.165, 1.54) is 32.5 Å². The lowest BCUT2D eigenvalue weighted by atomic mass is 10.1. The molecule has 0 radical (unpaired) electrons. The van der Waals surface area contributed by atoms with Crippen LogP contribution in [0.4, 0.5) is 31.1 Å². The van der Waals surface area contributed by atoms with Crippen molar-refractivity contribution in [3.8, 4) is 0 Å². The Morgan fingerprint density at radius 2 is 1.22 bits per heavy atom. The fourth-order valence-corrected chi connectivity index (χ4v) is 4.58. The van der Waals surface area contributed by atoms with Crippen LogP contribution in [0.5, 0.6) is 0 Å². The van der Waals surface area contributed by atoms with Gasteiger partial charge in [-0.1, -0.05) is 0 Å². The smallest absolute Gasteiger partial charge is 0.475 e. The number of likely N-dealkylation sites (tertiary alicyclic amines) is 3. The summed E-state index contributed by atoms with van der Waals surface area (Å²) in [5.74, 6) is -5.51. The van der Waals surface area contributed by atoms with Crippen LogP contribution in [-0.4, -0.2) is 138 Å². The Kier molecular flexibility index (Phi) is 11.2. The number of ether oxygens (including phenoxy) is 1. The second kappa shape index (κ2) is 13.5. The third kappa shape index (κ3) is 9.81. The Balaban J connectivity index is 0.000000286. The lowest BCUT2D eigenvalue weighted by Gasteiger charge is -2.37. The lowest BCUT2D eigenvalue weighted by molar-refractivity contribution is -0.193. The summed E-state index contributed by atoms with van der Waals surface area (Å²) >= 11 is 0. The van der Waals surface area contributed by atoms with E-state index in [4.69, 9.17) is 24.5 Å². The fraction of sp³-hybridized carbons (Fsp3) is 0.857. The highest BCUT2D eigenvalue weighted by atomic mass is 19.4. The van der Waals surface area contributed by atoms with E-state index >= 15 is 0 Å². The highest BCUT2D eigenvalue weighted by Crippen LogP contribution is 2.25. The molecule has 4 aliphatic rings. The number of carbonyl (C=O) groups excluding carboxylic acids is 1. The number of aliphatic carboxylic acids is 2. The maximum absolute atomic E-state index is 12.6. The number of carboxylic acid groups (broad SMARTS) is 2. The fourth-order valence-electron chi connectivity index (χ4n) is 4.58. The first kappa shape index (κ1) is 30.9. The average Bonchev–Trinajstić information content (AvgIpc) is 3.58. The summed E-state index contributed by atoms with van der Waals surface area (Å²) in [6.07, 6.45) is -4.93. The molecule has 10 nitrogen and oxygen atoms in total. The minimum Gasteiger partial charge on any atom is -0.475 e. The summed E-state index contributed by atoms with van der Waals surface area (Å²) in [5.41, 5.74) is 0. The Morgan fingerprint density at radius 1 is 0.730 bits per heavy atom. The minimum absolute atomic E-state index is 0.217. The first-order valence-corrected chi connectivity index (χ1v) is 11.9. The van der Waals surface area contributed by atoms with Gasteiger partial charge in [-0.2, -0.15) is 26.3 Å². The van der Waals surface area contributed by atoms with Gasteiger partial charge in [-0.3, -0.25) is 4.90 Å². The van der Waals surface area contributed by atoms with Crippen molar-refractivity contribution in [3.63, 3.8) is 0 Å². The molecule has 214 valence electrons. The first-order valence-electron chi connectivity index (χ1n) is 11.9. The number of rotatable bonds is 3. The molecule has 0 aromatic carbocycles. The van der Waals surface area contributed by atoms with Crippen LogP contribution in [0.25, 0.3) is 0 Å². The summed E-state index contributed by atoms with van der Waals surface area (Å²) in [6, 6.07) is 0.637. The zero-order valence-electron chi connectivity index (χ0n) is 20.1. The van der Waals surface area contributed by atoms with E-state index in [2.05, 4.69) is 9.80 Å². The van der Waals surface area contributed by atoms with Crippen molar-refractivity contribution >= 4 is 18.0 Å². The summed E-state index contributed by atoms with van der Waals surface area (Å²) < 4.78 is 69.5. The predicted molar refractivity (Wildman–Crippen MR) is 116 cm³/mol. The quantitative estimate of drug-likeness (QED) is 0.513. The van der Waals surface area contributed by atoms with Crippen molar-refractivity contribution in [2.45, 2.75) is 50.2 Å². The van der Waals surface area contributed by atoms with E-state index in [1.807, 2.05) is 9.80 Å². The summed E-state index contributed by atoms with van der Waals surface area (Å²) in [7, 11) is 0. The van der Waals surface area contributed by atoms with Gasteiger partial charge in [0.2, 0.25) is 0 Å². The normalized spacial score (nSPS) is 24.6. The largest absolute Gasteiger partial charge is 0.490 e. The van der Waals surface area contributed by atoms with Crippen LogP contribution in [-0.2, 0) is 14.3 Å². The van der Waals surface area contributed by atoms with Crippen LogP contribution >= 0.6 is 0 Å². The number of morpholine rings is 1. The molecule has 0 aromatic heterocycles. The van der Waals surface area contributed by atoms with Gasteiger partial charge in [-0.25, -0.2) is 14.4 Å². The van der Waals surface area contributed by atoms with Gasteiger partial charge in [0.25, 0.3) is 0 Å². The molecule has 4 rings (SSSR count). The van der Waals surface area contributed by atoms with Crippen LogP contribution in [0.1, 0.15) is 25.7 Å². The number of amides is 2. The molecule has 0 unspecified atom stereocenters. The number of hydrogen-bond acceptors (Lipinski definition) is 6. The molecule has 4 aliphatic heterocycles. The number of carboxylic acids is 2. The molecule has 0 aliphatic carbocycles. The number of nitrogens with zero attached hydrogens (tertiary/aromatic N) is 4. The molecule has 0 aromatic rings. The van der Waals surface area contributed by atoms with Gasteiger partial charge < -0.3 is 29.6 Å². The van der Waals surface area contributed by atoms with Crippen molar-refractivity contribution < 1.29 is 55.7 Å². The van der Waals surface area contributed by atoms with Crippen LogP contribution in [0.2, 0.25) is 0 Å². The second-order valence-corrected chi connectivity index (χ2v) is 9.05. The number of carbonyl (C=O) groups is 3. The Hall–Kier alpha value is -2.33. The zero-order chi connectivity index (χ0) is 27.8. The maximum atomic E-state index is 12.6. The molecule has 16 heteroatoms. The third-order valence-electron chi connectivity index (χ3n) is 6.45. The Labute approximate surface area is 209 Å². The van der Waals surface area contributed by atoms with Crippen LogP contribution in [0.15, 0.2) is 0 Å². The molecular weight excluding hydrogens is 518 g/mol. The molecular formula is C21H32F6N4O6. The summed E-state index contributed by atoms with van der Waals surface area (Å²) in [5, 5.41) is 14.2. The van der Waals surface area contributed by atoms with Crippen LogP contribution in [0, 0.1) is 0 Å². The van der Waals surface area contributed by atoms with Gasteiger partial charge in [-0.05, 0) is 38.8 Å². The van der Waals surface area contributed by atoms with Crippen LogP contribution in [0.3, 0.4) is 0 Å². The first-order chi connectivity index (χ1) is 17.2. The maximum Gasteiger partial charge on any atom is 0.490 e. The van der Waals surface area contributed by atoms with Crippen molar-refractivity contribution in [1.82, 2.24) is 19.6 Å². The number of hydrogen-bond donors (Lipinski definition) is 2. The SMILES string of the molecule is O=C(N1CCCC1)N1C[C@@H]2OCCN(CCN3CCCC3)[C@@H]2C1.O=C(O)C(F)(F)F.O=C(O)C(F)(F)F. The average molecular weight is 550 g/mol. The second-order valence-electron chi connectivity index (χ2n) is 9.05.